The number of rotatable bonds is 6. The first kappa shape index (κ1) is 19.8. The molecule has 0 unspecified atom stereocenters. The van der Waals surface area contributed by atoms with Gasteiger partial charge >= 0.3 is 5.97 Å². The summed E-state index contributed by atoms with van der Waals surface area (Å²) in [5.41, 5.74) is 1.86. The molecule has 2 atom stereocenters. The van der Waals surface area contributed by atoms with E-state index in [0.29, 0.717) is 11.1 Å². The molecule has 2 rings (SSSR count). The van der Waals surface area contributed by atoms with Crippen molar-refractivity contribution in [1.82, 2.24) is 5.32 Å². The highest BCUT2D eigenvalue weighted by Gasteiger charge is 2.24. The standard InChI is InChI=1S/C20H20BrNO4/c1-12-5-4-6-16(11-12)19(24)22-13(2)20(25)26-14(3)18(23)15-7-9-17(21)10-8-15/h4-11,13-14H,1-3H3,(H,22,24)/t13-,14-/m0/s1. The number of amides is 1. The molecule has 0 aromatic heterocycles. The number of aryl methyl sites for hydroxylation is 1. The van der Waals surface area contributed by atoms with Gasteiger partial charge in [0.15, 0.2) is 6.10 Å². The normalized spacial score (nSPS) is 12.8. The Labute approximate surface area is 160 Å². The third kappa shape index (κ3) is 5.26. The van der Waals surface area contributed by atoms with Crippen molar-refractivity contribution in [2.24, 2.45) is 0 Å². The van der Waals surface area contributed by atoms with Crippen LogP contribution in [0.1, 0.15) is 40.1 Å². The maximum absolute atomic E-state index is 12.3. The van der Waals surface area contributed by atoms with Crippen LogP contribution in [0.5, 0.6) is 0 Å². The van der Waals surface area contributed by atoms with Crippen LogP contribution in [0.4, 0.5) is 0 Å². The van der Waals surface area contributed by atoms with Crippen molar-refractivity contribution in [2.45, 2.75) is 32.9 Å². The van der Waals surface area contributed by atoms with Gasteiger partial charge in [0.05, 0.1) is 0 Å². The summed E-state index contributed by atoms with van der Waals surface area (Å²) in [4.78, 5) is 36.7. The van der Waals surface area contributed by atoms with Crippen LogP contribution >= 0.6 is 15.9 Å². The highest BCUT2D eigenvalue weighted by molar-refractivity contribution is 9.10. The molecule has 0 saturated carbocycles. The van der Waals surface area contributed by atoms with E-state index in [-0.39, 0.29) is 11.7 Å². The summed E-state index contributed by atoms with van der Waals surface area (Å²) in [6.45, 7) is 4.91. The third-order valence-corrected chi connectivity index (χ3v) is 4.30. The van der Waals surface area contributed by atoms with E-state index < -0.39 is 18.1 Å². The molecular formula is C20H20BrNO4. The van der Waals surface area contributed by atoms with Crippen molar-refractivity contribution in [3.8, 4) is 0 Å². The topological polar surface area (TPSA) is 72.5 Å². The van der Waals surface area contributed by atoms with E-state index in [0.717, 1.165) is 10.0 Å². The Morgan fingerprint density at radius 1 is 1.00 bits per heavy atom. The predicted molar refractivity (Wildman–Crippen MR) is 102 cm³/mol. The molecule has 0 aliphatic heterocycles. The number of esters is 1. The van der Waals surface area contributed by atoms with Gasteiger partial charge in [0.2, 0.25) is 5.78 Å². The number of nitrogens with one attached hydrogen (secondary N) is 1. The molecule has 1 amide bonds. The van der Waals surface area contributed by atoms with Gasteiger partial charge in [-0.1, -0.05) is 45.8 Å². The first-order chi connectivity index (χ1) is 12.3. The smallest absolute Gasteiger partial charge is 0.329 e. The van der Waals surface area contributed by atoms with Crippen molar-refractivity contribution in [3.63, 3.8) is 0 Å². The molecule has 2 aromatic rings. The summed E-state index contributed by atoms with van der Waals surface area (Å²) in [7, 11) is 0. The van der Waals surface area contributed by atoms with Crippen LogP contribution in [0.3, 0.4) is 0 Å². The largest absolute Gasteiger partial charge is 0.453 e. The minimum atomic E-state index is -0.943. The van der Waals surface area contributed by atoms with Gasteiger partial charge < -0.3 is 10.1 Å². The van der Waals surface area contributed by atoms with E-state index in [1.54, 1.807) is 42.5 Å². The van der Waals surface area contributed by atoms with E-state index in [9.17, 15) is 14.4 Å². The highest BCUT2D eigenvalue weighted by atomic mass is 79.9. The van der Waals surface area contributed by atoms with Crippen LogP contribution in [0.25, 0.3) is 0 Å². The van der Waals surface area contributed by atoms with Crippen LogP contribution in [-0.4, -0.2) is 29.8 Å². The Kier molecular flexibility index (Phi) is 6.69. The molecule has 136 valence electrons. The number of benzene rings is 2. The Hall–Kier alpha value is -2.47. The summed E-state index contributed by atoms with van der Waals surface area (Å²) < 4.78 is 6.06. The van der Waals surface area contributed by atoms with Gasteiger partial charge in [-0.25, -0.2) is 4.79 Å². The average molecular weight is 418 g/mol. The lowest BCUT2D eigenvalue weighted by molar-refractivity contribution is -0.148. The molecule has 0 fully saturated rings. The Morgan fingerprint density at radius 3 is 2.27 bits per heavy atom. The number of halogens is 1. The van der Waals surface area contributed by atoms with Gasteiger partial charge in [-0.2, -0.15) is 0 Å². The fourth-order valence-electron chi connectivity index (χ4n) is 2.30. The van der Waals surface area contributed by atoms with E-state index >= 15 is 0 Å². The fraction of sp³-hybridized carbons (Fsp3) is 0.250. The lowest BCUT2D eigenvalue weighted by Gasteiger charge is -2.17. The van der Waals surface area contributed by atoms with Crippen molar-refractivity contribution in [1.29, 1.82) is 0 Å². The van der Waals surface area contributed by atoms with Gasteiger partial charge in [0.1, 0.15) is 6.04 Å². The van der Waals surface area contributed by atoms with Gasteiger partial charge in [-0.3, -0.25) is 9.59 Å². The Balaban J connectivity index is 1.94. The second-order valence-corrected chi connectivity index (χ2v) is 6.93. The van der Waals surface area contributed by atoms with Crippen molar-refractivity contribution < 1.29 is 19.1 Å². The Bertz CT molecular complexity index is 817. The molecule has 0 heterocycles. The van der Waals surface area contributed by atoms with E-state index in [1.807, 2.05) is 13.0 Å². The zero-order chi connectivity index (χ0) is 19.3. The van der Waals surface area contributed by atoms with Gasteiger partial charge in [-0.05, 0) is 45.0 Å². The number of carbonyl (C=O) groups excluding carboxylic acids is 3. The van der Waals surface area contributed by atoms with Crippen LogP contribution in [0.15, 0.2) is 53.0 Å². The molecule has 0 spiro atoms. The van der Waals surface area contributed by atoms with Crippen LogP contribution in [0, 0.1) is 6.92 Å². The summed E-state index contributed by atoms with van der Waals surface area (Å²) >= 11 is 3.30. The number of hydrogen-bond acceptors (Lipinski definition) is 4. The SMILES string of the molecule is Cc1cccc(C(=O)N[C@@H](C)C(=O)O[C@@H](C)C(=O)c2ccc(Br)cc2)c1. The summed E-state index contributed by atoms with van der Waals surface area (Å²) in [5, 5.41) is 2.58. The van der Waals surface area contributed by atoms with Crippen molar-refractivity contribution in [2.75, 3.05) is 0 Å². The van der Waals surface area contributed by atoms with Crippen molar-refractivity contribution >= 4 is 33.6 Å². The molecule has 0 aliphatic carbocycles. The van der Waals surface area contributed by atoms with E-state index in [2.05, 4.69) is 21.2 Å². The summed E-state index contributed by atoms with van der Waals surface area (Å²) in [6, 6.07) is 13.0. The molecule has 0 bridgehead atoms. The van der Waals surface area contributed by atoms with Gasteiger partial charge in [0.25, 0.3) is 5.91 Å². The predicted octanol–water partition coefficient (Wildman–Crippen LogP) is 3.69. The van der Waals surface area contributed by atoms with E-state index in [1.165, 1.54) is 13.8 Å². The molecule has 2 aromatic carbocycles. The van der Waals surface area contributed by atoms with E-state index in [4.69, 9.17) is 4.74 Å². The molecule has 1 N–H and O–H groups in total. The fourth-order valence-corrected chi connectivity index (χ4v) is 2.57. The first-order valence-electron chi connectivity index (χ1n) is 8.15. The minimum absolute atomic E-state index is 0.303. The summed E-state index contributed by atoms with van der Waals surface area (Å²) in [6.07, 6.45) is -0.943. The quantitative estimate of drug-likeness (QED) is 0.574. The highest BCUT2D eigenvalue weighted by Crippen LogP contribution is 2.13. The third-order valence-electron chi connectivity index (χ3n) is 3.77. The molecule has 6 heteroatoms. The molecule has 26 heavy (non-hydrogen) atoms. The van der Waals surface area contributed by atoms with Crippen LogP contribution < -0.4 is 5.32 Å². The summed E-state index contributed by atoms with van der Waals surface area (Å²) in [5.74, 6) is -1.34. The number of hydrogen-bond donors (Lipinski definition) is 1. The zero-order valence-corrected chi connectivity index (χ0v) is 16.4. The molecule has 0 radical (unpaired) electrons. The van der Waals surface area contributed by atoms with Crippen LogP contribution in [-0.2, 0) is 9.53 Å². The number of carbonyl (C=O) groups is 3. The second-order valence-electron chi connectivity index (χ2n) is 6.01. The average Bonchev–Trinajstić information content (AvgIpc) is 2.61. The Morgan fingerprint density at radius 2 is 1.65 bits per heavy atom. The van der Waals surface area contributed by atoms with Crippen LogP contribution in [0.2, 0.25) is 0 Å². The molecule has 5 nitrogen and oxygen atoms in total. The number of Topliss-reactive ketones (excluding diaryl/α,β-unsaturated/α-hetero) is 1. The van der Waals surface area contributed by atoms with Crippen molar-refractivity contribution in [3.05, 3.63) is 69.7 Å². The molecule has 0 aliphatic rings. The molecular weight excluding hydrogens is 398 g/mol. The lowest BCUT2D eigenvalue weighted by atomic mass is 10.1. The lowest BCUT2D eigenvalue weighted by Crippen LogP contribution is -2.41. The maximum atomic E-state index is 12.3. The maximum Gasteiger partial charge on any atom is 0.329 e. The van der Waals surface area contributed by atoms with Gasteiger partial charge in [-0.15, -0.1) is 0 Å². The number of ether oxygens (including phenoxy) is 1. The zero-order valence-electron chi connectivity index (χ0n) is 14.8. The second kappa shape index (κ2) is 8.76. The first-order valence-corrected chi connectivity index (χ1v) is 8.95. The van der Waals surface area contributed by atoms with Gasteiger partial charge in [0, 0.05) is 15.6 Å². The monoisotopic (exact) mass is 417 g/mol. The number of ketones is 1. The minimum Gasteiger partial charge on any atom is -0.453 e. The molecule has 0 saturated heterocycles.